The van der Waals surface area contributed by atoms with Crippen LogP contribution < -0.4 is 15.8 Å². The number of amides is 1. The highest BCUT2D eigenvalue weighted by atomic mass is 79.9. The molecule has 5 heteroatoms. The third-order valence-corrected chi connectivity index (χ3v) is 2.80. The standard InChI is InChI=1S/C13H15BrN2O2/c1-2-7-16-13(17)9-18-12-4-3-10(5-6-15)8-11(12)14/h1,3-4,8H,5-7,9,15H2,(H,16,17). The molecule has 0 aliphatic rings. The van der Waals surface area contributed by atoms with Gasteiger partial charge in [-0.2, -0.15) is 0 Å². The number of hydrogen-bond acceptors (Lipinski definition) is 3. The molecule has 96 valence electrons. The summed E-state index contributed by atoms with van der Waals surface area (Å²) < 4.78 is 6.17. The maximum absolute atomic E-state index is 11.3. The number of halogens is 1. The Morgan fingerprint density at radius 2 is 2.33 bits per heavy atom. The van der Waals surface area contributed by atoms with Gasteiger partial charge in [-0.25, -0.2) is 0 Å². The first-order valence-electron chi connectivity index (χ1n) is 5.49. The maximum atomic E-state index is 11.3. The van der Waals surface area contributed by atoms with Crippen molar-refractivity contribution < 1.29 is 9.53 Å². The molecule has 1 amide bonds. The molecule has 0 aliphatic heterocycles. The van der Waals surface area contributed by atoms with Gasteiger partial charge in [-0.15, -0.1) is 6.42 Å². The molecule has 0 saturated carbocycles. The van der Waals surface area contributed by atoms with Gasteiger partial charge in [0.25, 0.3) is 5.91 Å². The molecule has 0 aliphatic carbocycles. The van der Waals surface area contributed by atoms with Gasteiger partial charge in [0.05, 0.1) is 11.0 Å². The van der Waals surface area contributed by atoms with E-state index in [0.29, 0.717) is 12.3 Å². The minimum absolute atomic E-state index is 0.0590. The van der Waals surface area contributed by atoms with Crippen molar-refractivity contribution in [2.24, 2.45) is 5.73 Å². The Bertz CT molecular complexity index is 455. The topological polar surface area (TPSA) is 64.3 Å². The quantitative estimate of drug-likeness (QED) is 0.773. The molecule has 0 radical (unpaired) electrons. The lowest BCUT2D eigenvalue weighted by Gasteiger charge is -2.09. The maximum Gasteiger partial charge on any atom is 0.258 e. The minimum atomic E-state index is -0.245. The van der Waals surface area contributed by atoms with E-state index >= 15 is 0 Å². The Morgan fingerprint density at radius 3 is 2.94 bits per heavy atom. The van der Waals surface area contributed by atoms with E-state index in [2.05, 4.69) is 27.2 Å². The SMILES string of the molecule is C#CCNC(=O)COc1ccc(CCN)cc1Br. The molecule has 0 fully saturated rings. The average molecular weight is 311 g/mol. The first-order valence-corrected chi connectivity index (χ1v) is 6.28. The molecular formula is C13H15BrN2O2. The zero-order valence-electron chi connectivity index (χ0n) is 9.91. The van der Waals surface area contributed by atoms with Crippen LogP contribution >= 0.6 is 15.9 Å². The van der Waals surface area contributed by atoms with Gasteiger partial charge in [0.15, 0.2) is 6.61 Å². The van der Waals surface area contributed by atoms with Crippen LogP contribution in [0.4, 0.5) is 0 Å². The summed E-state index contributed by atoms with van der Waals surface area (Å²) in [7, 11) is 0. The third kappa shape index (κ3) is 4.78. The van der Waals surface area contributed by atoms with Crippen molar-refractivity contribution in [3.05, 3.63) is 28.2 Å². The van der Waals surface area contributed by atoms with E-state index < -0.39 is 0 Å². The number of nitrogens with two attached hydrogens (primary N) is 1. The number of carbonyl (C=O) groups excluding carboxylic acids is 1. The van der Waals surface area contributed by atoms with E-state index in [4.69, 9.17) is 16.9 Å². The predicted molar refractivity (Wildman–Crippen MR) is 74.2 cm³/mol. The summed E-state index contributed by atoms with van der Waals surface area (Å²) in [5.41, 5.74) is 6.60. The van der Waals surface area contributed by atoms with Crippen molar-refractivity contribution in [3.63, 3.8) is 0 Å². The zero-order valence-corrected chi connectivity index (χ0v) is 11.5. The van der Waals surface area contributed by atoms with Gasteiger partial charge >= 0.3 is 0 Å². The van der Waals surface area contributed by atoms with Crippen molar-refractivity contribution in [2.45, 2.75) is 6.42 Å². The molecule has 0 saturated heterocycles. The molecule has 1 rings (SSSR count). The smallest absolute Gasteiger partial charge is 0.258 e. The van der Waals surface area contributed by atoms with Crippen LogP contribution in [-0.2, 0) is 11.2 Å². The molecule has 18 heavy (non-hydrogen) atoms. The van der Waals surface area contributed by atoms with Crippen LogP contribution in [0.1, 0.15) is 5.56 Å². The largest absolute Gasteiger partial charge is 0.483 e. The molecule has 0 unspecified atom stereocenters. The second-order valence-electron chi connectivity index (χ2n) is 3.57. The van der Waals surface area contributed by atoms with E-state index in [0.717, 1.165) is 16.5 Å². The summed E-state index contributed by atoms with van der Waals surface area (Å²) in [6.07, 6.45) is 5.84. The normalized spacial score (nSPS) is 9.61. The first kappa shape index (κ1) is 14.6. The van der Waals surface area contributed by atoms with Crippen LogP contribution in [0.5, 0.6) is 5.75 Å². The van der Waals surface area contributed by atoms with Crippen LogP contribution in [0.15, 0.2) is 22.7 Å². The van der Waals surface area contributed by atoms with Gasteiger partial charge < -0.3 is 15.8 Å². The summed E-state index contributed by atoms with van der Waals surface area (Å²) >= 11 is 3.39. The highest BCUT2D eigenvalue weighted by Gasteiger charge is 2.05. The number of carbonyl (C=O) groups is 1. The van der Waals surface area contributed by atoms with Crippen molar-refractivity contribution in [3.8, 4) is 18.1 Å². The Kier molecular flexibility index (Phi) is 6.26. The van der Waals surface area contributed by atoms with Crippen molar-refractivity contribution in [1.82, 2.24) is 5.32 Å². The Balaban J connectivity index is 2.52. The van der Waals surface area contributed by atoms with Gasteiger partial charge in [0, 0.05) is 0 Å². The molecule has 4 nitrogen and oxygen atoms in total. The Morgan fingerprint density at radius 1 is 1.56 bits per heavy atom. The summed E-state index contributed by atoms with van der Waals surface area (Å²) in [6.45, 7) is 0.746. The summed E-state index contributed by atoms with van der Waals surface area (Å²) in [6, 6.07) is 5.66. The lowest BCUT2D eigenvalue weighted by Crippen LogP contribution is -2.29. The summed E-state index contributed by atoms with van der Waals surface area (Å²) in [5.74, 6) is 2.69. The second kappa shape index (κ2) is 7.75. The number of terminal acetylenes is 1. The number of rotatable bonds is 6. The molecule has 0 aromatic heterocycles. The average Bonchev–Trinajstić information content (AvgIpc) is 2.35. The van der Waals surface area contributed by atoms with E-state index in [-0.39, 0.29) is 19.1 Å². The summed E-state index contributed by atoms with van der Waals surface area (Å²) in [5, 5.41) is 2.52. The number of benzene rings is 1. The number of nitrogens with one attached hydrogen (secondary N) is 1. The number of hydrogen-bond donors (Lipinski definition) is 2. The van der Waals surface area contributed by atoms with Crippen molar-refractivity contribution >= 4 is 21.8 Å². The molecular weight excluding hydrogens is 296 g/mol. The fourth-order valence-electron chi connectivity index (χ4n) is 1.33. The van der Waals surface area contributed by atoms with Gasteiger partial charge in [0.2, 0.25) is 0 Å². The van der Waals surface area contributed by atoms with Gasteiger partial charge in [-0.05, 0) is 46.6 Å². The van der Waals surface area contributed by atoms with Crippen LogP contribution in [0.2, 0.25) is 0 Å². The van der Waals surface area contributed by atoms with E-state index in [1.54, 1.807) is 0 Å². The van der Waals surface area contributed by atoms with E-state index in [1.807, 2.05) is 18.2 Å². The molecule has 0 spiro atoms. The summed E-state index contributed by atoms with van der Waals surface area (Å²) in [4.78, 5) is 11.3. The monoisotopic (exact) mass is 310 g/mol. The highest BCUT2D eigenvalue weighted by Crippen LogP contribution is 2.26. The molecule has 1 aromatic rings. The predicted octanol–water partition coefficient (Wildman–Crippen LogP) is 1.08. The Hall–Kier alpha value is -1.51. The number of ether oxygens (including phenoxy) is 1. The van der Waals surface area contributed by atoms with Crippen molar-refractivity contribution in [2.75, 3.05) is 19.7 Å². The lowest BCUT2D eigenvalue weighted by molar-refractivity contribution is -0.122. The van der Waals surface area contributed by atoms with Crippen LogP contribution in [-0.4, -0.2) is 25.6 Å². The van der Waals surface area contributed by atoms with Gasteiger partial charge in [-0.1, -0.05) is 12.0 Å². The highest BCUT2D eigenvalue weighted by molar-refractivity contribution is 9.10. The van der Waals surface area contributed by atoms with Crippen LogP contribution in [0.3, 0.4) is 0 Å². The third-order valence-electron chi connectivity index (χ3n) is 2.18. The van der Waals surface area contributed by atoms with E-state index in [1.165, 1.54) is 0 Å². The molecule has 0 bridgehead atoms. The zero-order chi connectivity index (χ0) is 13.4. The second-order valence-corrected chi connectivity index (χ2v) is 4.43. The van der Waals surface area contributed by atoms with Crippen LogP contribution in [0, 0.1) is 12.3 Å². The van der Waals surface area contributed by atoms with Crippen LogP contribution in [0.25, 0.3) is 0 Å². The molecule has 3 N–H and O–H groups in total. The lowest BCUT2D eigenvalue weighted by atomic mass is 10.1. The van der Waals surface area contributed by atoms with Gasteiger partial charge in [0.1, 0.15) is 5.75 Å². The van der Waals surface area contributed by atoms with Gasteiger partial charge in [-0.3, -0.25) is 4.79 Å². The molecule has 0 heterocycles. The van der Waals surface area contributed by atoms with Crippen molar-refractivity contribution in [1.29, 1.82) is 0 Å². The van der Waals surface area contributed by atoms with E-state index in [9.17, 15) is 4.79 Å². The first-order chi connectivity index (χ1) is 8.67. The fraction of sp³-hybridized carbons (Fsp3) is 0.308. The molecule has 0 atom stereocenters. The minimum Gasteiger partial charge on any atom is -0.483 e. The Labute approximate surface area is 115 Å². The fourth-order valence-corrected chi connectivity index (χ4v) is 1.87. The molecule has 1 aromatic carbocycles.